The Hall–Kier alpha value is -1.55. The molecule has 0 aliphatic carbocycles. The minimum atomic E-state index is -0.737. The zero-order chi connectivity index (χ0) is 11.6. The average Bonchev–Trinajstić information content (AvgIpc) is 2.30. The van der Waals surface area contributed by atoms with Gasteiger partial charge in [-0.15, -0.1) is 0 Å². The smallest absolute Gasteiger partial charge is 0.314 e. The highest BCUT2D eigenvalue weighted by Gasteiger charge is 2.41. The lowest BCUT2D eigenvalue weighted by Crippen LogP contribution is -2.45. The van der Waals surface area contributed by atoms with E-state index in [1.165, 1.54) is 0 Å². The third kappa shape index (κ3) is 1.76. The van der Waals surface area contributed by atoms with Gasteiger partial charge in [-0.1, -0.05) is 12.1 Å². The summed E-state index contributed by atoms with van der Waals surface area (Å²) < 4.78 is 0. The Balaban J connectivity index is 2.38. The topological polar surface area (TPSA) is 75.4 Å². The SMILES string of the molecule is Nc1ccc(C2(C(=O)O)CCNCC2)cc1. The van der Waals surface area contributed by atoms with Crippen molar-refractivity contribution in [1.82, 2.24) is 5.32 Å². The Morgan fingerprint density at radius 2 is 1.81 bits per heavy atom. The number of carboxylic acids is 1. The Bertz CT molecular complexity index is 381. The Kier molecular flexibility index (Phi) is 2.83. The molecule has 0 bridgehead atoms. The van der Waals surface area contributed by atoms with Crippen molar-refractivity contribution < 1.29 is 9.90 Å². The van der Waals surface area contributed by atoms with Crippen molar-refractivity contribution in [1.29, 1.82) is 0 Å². The van der Waals surface area contributed by atoms with Gasteiger partial charge in [0, 0.05) is 5.69 Å². The summed E-state index contributed by atoms with van der Waals surface area (Å²) in [5.74, 6) is -0.737. The molecule has 2 rings (SSSR count). The normalized spacial score (nSPS) is 19.2. The van der Waals surface area contributed by atoms with Gasteiger partial charge in [-0.05, 0) is 43.6 Å². The summed E-state index contributed by atoms with van der Waals surface area (Å²) in [5.41, 5.74) is 6.40. The van der Waals surface area contributed by atoms with E-state index in [1.807, 2.05) is 12.1 Å². The number of anilines is 1. The molecule has 0 spiro atoms. The van der Waals surface area contributed by atoms with E-state index in [0.717, 1.165) is 18.7 Å². The second kappa shape index (κ2) is 4.14. The van der Waals surface area contributed by atoms with E-state index in [0.29, 0.717) is 18.5 Å². The maximum Gasteiger partial charge on any atom is 0.314 e. The molecule has 1 aromatic carbocycles. The third-order valence-electron chi connectivity index (χ3n) is 3.33. The molecule has 16 heavy (non-hydrogen) atoms. The van der Waals surface area contributed by atoms with Gasteiger partial charge in [0.15, 0.2) is 0 Å². The molecule has 4 nitrogen and oxygen atoms in total. The van der Waals surface area contributed by atoms with Crippen LogP contribution < -0.4 is 11.1 Å². The van der Waals surface area contributed by atoms with Gasteiger partial charge in [-0.3, -0.25) is 4.79 Å². The third-order valence-corrected chi connectivity index (χ3v) is 3.33. The summed E-state index contributed by atoms with van der Waals surface area (Å²) in [6.45, 7) is 1.49. The quantitative estimate of drug-likeness (QED) is 0.649. The van der Waals surface area contributed by atoms with Crippen LogP contribution in [0.2, 0.25) is 0 Å². The largest absolute Gasteiger partial charge is 0.481 e. The Morgan fingerprint density at radius 3 is 2.31 bits per heavy atom. The van der Waals surface area contributed by atoms with Crippen molar-refractivity contribution in [2.45, 2.75) is 18.3 Å². The van der Waals surface area contributed by atoms with Gasteiger partial charge in [0.2, 0.25) is 0 Å². The van der Waals surface area contributed by atoms with Crippen LogP contribution in [0.1, 0.15) is 18.4 Å². The number of hydrogen-bond donors (Lipinski definition) is 3. The predicted molar refractivity (Wildman–Crippen MR) is 62.3 cm³/mol. The molecule has 1 aromatic rings. The Morgan fingerprint density at radius 1 is 1.25 bits per heavy atom. The fourth-order valence-corrected chi connectivity index (χ4v) is 2.28. The minimum Gasteiger partial charge on any atom is -0.481 e. The molecule has 0 atom stereocenters. The van der Waals surface area contributed by atoms with Crippen LogP contribution in [0.4, 0.5) is 5.69 Å². The number of carbonyl (C=O) groups is 1. The van der Waals surface area contributed by atoms with Crippen LogP contribution >= 0.6 is 0 Å². The second-order valence-corrected chi connectivity index (χ2v) is 4.26. The first-order chi connectivity index (χ1) is 7.65. The number of hydrogen-bond acceptors (Lipinski definition) is 3. The number of rotatable bonds is 2. The summed E-state index contributed by atoms with van der Waals surface area (Å²) >= 11 is 0. The van der Waals surface area contributed by atoms with Gasteiger partial charge in [0.05, 0.1) is 5.41 Å². The van der Waals surface area contributed by atoms with Gasteiger partial charge in [0.25, 0.3) is 0 Å². The highest BCUT2D eigenvalue weighted by atomic mass is 16.4. The van der Waals surface area contributed by atoms with E-state index in [9.17, 15) is 9.90 Å². The van der Waals surface area contributed by atoms with E-state index in [4.69, 9.17) is 5.73 Å². The molecule has 0 radical (unpaired) electrons. The molecule has 4 heteroatoms. The fraction of sp³-hybridized carbons (Fsp3) is 0.417. The molecule has 0 aromatic heterocycles. The zero-order valence-electron chi connectivity index (χ0n) is 9.07. The van der Waals surface area contributed by atoms with E-state index in [1.54, 1.807) is 12.1 Å². The van der Waals surface area contributed by atoms with Crippen LogP contribution in [0.5, 0.6) is 0 Å². The number of nitrogens with one attached hydrogen (secondary N) is 1. The van der Waals surface area contributed by atoms with Crippen LogP contribution in [0.3, 0.4) is 0 Å². The summed E-state index contributed by atoms with van der Waals surface area (Å²) in [5, 5.41) is 12.6. The number of carboxylic acid groups (broad SMARTS) is 1. The lowest BCUT2D eigenvalue weighted by molar-refractivity contribution is -0.145. The van der Waals surface area contributed by atoms with Crippen LogP contribution in [0.15, 0.2) is 24.3 Å². The highest BCUT2D eigenvalue weighted by Crippen LogP contribution is 2.34. The molecule has 1 fully saturated rings. The van der Waals surface area contributed by atoms with Gasteiger partial charge in [-0.25, -0.2) is 0 Å². The van der Waals surface area contributed by atoms with E-state index >= 15 is 0 Å². The lowest BCUT2D eigenvalue weighted by Gasteiger charge is -2.34. The highest BCUT2D eigenvalue weighted by molar-refractivity contribution is 5.81. The summed E-state index contributed by atoms with van der Waals surface area (Å²) in [6.07, 6.45) is 1.26. The summed E-state index contributed by atoms with van der Waals surface area (Å²) in [7, 11) is 0. The van der Waals surface area contributed by atoms with Crippen molar-refractivity contribution >= 4 is 11.7 Å². The van der Waals surface area contributed by atoms with E-state index < -0.39 is 11.4 Å². The number of benzene rings is 1. The molecule has 0 amide bonds. The minimum absolute atomic E-state index is 0.631. The molecule has 1 saturated heterocycles. The number of nitrogen functional groups attached to an aromatic ring is 1. The molecule has 4 N–H and O–H groups in total. The van der Waals surface area contributed by atoms with Crippen molar-refractivity contribution in [3.63, 3.8) is 0 Å². The molecule has 1 aliphatic heterocycles. The molecule has 1 heterocycles. The second-order valence-electron chi connectivity index (χ2n) is 4.26. The Labute approximate surface area is 94.5 Å². The summed E-state index contributed by atoms with van der Waals surface area (Å²) in [4.78, 5) is 11.5. The number of aliphatic carboxylic acids is 1. The van der Waals surface area contributed by atoms with Crippen molar-refractivity contribution in [3.8, 4) is 0 Å². The van der Waals surface area contributed by atoms with E-state index in [-0.39, 0.29) is 0 Å². The van der Waals surface area contributed by atoms with Crippen LogP contribution in [0.25, 0.3) is 0 Å². The maximum atomic E-state index is 11.5. The van der Waals surface area contributed by atoms with Crippen molar-refractivity contribution in [2.75, 3.05) is 18.8 Å². The monoisotopic (exact) mass is 220 g/mol. The standard InChI is InChI=1S/C12H16N2O2/c13-10-3-1-9(2-4-10)12(11(15)16)5-7-14-8-6-12/h1-4,14H,5-8,13H2,(H,15,16). The molecular formula is C12H16N2O2. The fourth-order valence-electron chi connectivity index (χ4n) is 2.28. The van der Waals surface area contributed by atoms with Crippen LogP contribution in [-0.2, 0) is 10.2 Å². The molecule has 86 valence electrons. The predicted octanol–water partition coefficient (Wildman–Crippen LogP) is 0.975. The molecular weight excluding hydrogens is 204 g/mol. The number of piperidine rings is 1. The van der Waals surface area contributed by atoms with Gasteiger partial charge in [0.1, 0.15) is 0 Å². The first kappa shape index (κ1) is 11.0. The maximum absolute atomic E-state index is 11.5. The van der Waals surface area contributed by atoms with E-state index in [2.05, 4.69) is 5.32 Å². The molecule has 0 saturated carbocycles. The van der Waals surface area contributed by atoms with Gasteiger partial charge in [-0.2, -0.15) is 0 Å². The van der Waals surface area contributed by atoms with Crippen LogP contribution in [0, 0.1) is 0 Å². The number of nitrogens with two attached hydrogens (primary N) is 1. The molecule has 1 aliphatic rings. The molecule has 0 unspecified atom stereocenters. The van der Waals surface area contributed by atoms with Crippen LogP contribution in [-0.4, -0.2) is 24.2 Å². The summed E-state index contributed by atoms with van der Waals surface area (Å²) in [6, 6.07) is 7.19. The van der Waals surface area contributed by atoms with Gasteiger partial charge < -0.3 is 16.2 Å². The zero-order valence-corrected chi connectivity index (χ0v) is 9.07. The first-order valence-electron chi connectivity index (χ1n) is 5.45. The lowest BCUT2D eigenvalue weighted by atomic mass is 9.73. The van der Waals surface area contributed by atoms with Crippen molar-refractivity contribution in [3.05, 3.63) is 29.8 Å². The van der Waals surface area contributed by atoms with Crippen molar-refractivity contribution in [2.24, 2.45) is 0 Å². The van der Waals surface area contributed by atoms with Gasteiger partial charge >= 0.3 is 5.97 Å². The first-order valence-corrected chi connectivity index (χ1v) is 5.45. The average molecular weight is 220 g/mol.